The predicted molar refractivity (Wildman–Crippen MR) is 115 cm³/mol. The molecule has 0 saturated heterocycles. The highest BCUT2D eigenvalue weighted by atomic mass is 32.2. The lowest BCUT2D eigenvalue weighted by atomic mass is 10.2. The van der Waals surface area contributed by atoms with Gasteiger partial charge in [0.05, 0.1) is 20.2 Å². The summed E-state index contributed by atoms with van der Waals surface area (Å²) in [6, 6.07) is 17.2. The number of thioether (sulfide) groups is 1. The van der Waals surface area contributed by atoms with E-state index in [0.29, 0.717) is 23.9 Å². The molecule has 1 unspecified atom stereocenters. The molecule has 0 spiro atoms. The van der Waals surface area contributed by atoms with Crippen molar-refractivity contribution in [3.63, 3.8) is 0 Å². The zero-order chi connectivity index (χ0) is 20.6. The second kappa shape index (κ2) is 10.1. The van der Waals surface area contributed by atoms with E-state index in [1.165, 1.54) is 5.56 Å². The Morgan fingerprint density at radius 2 is 1.86 bits per heavy atom. The smallest absolute Gasteiger partial charge is 0.251 e. The van der Waals surface area contributed by atoms with Crippen LogP contribution in [0.1, 0.15) is 42.0 Å². The van der Waals surface area contributed by atoms with E-state index in [0.717, 1.165) is 23.2 Å². The van der Waals surface area contributed by atoms with E-state index in [9.17, 15) is 4.79 Å². The Kier molecular flexibility index (Phi) is 7.30. The van der Waals surface area contributed by atoms with Crippen LogP contribution in [-0.4, -0.2) is 33.0 Å². The lowest BCUT2D eigenvalue weighted by Gasteiger charge is -2.13. The molecule has 7 heteroatoms. The third-order valence-corrected chi connectivity index (χ3v) is 5.87. The molecule has 0 bridgehead atoms. The first-order chi connectivity index (χ1) is 14.1. The van der Waals surface area contributed by atoms with E-state index in [-0.39, 0.29) is 5.91 Å². The average molecular weight is 411 g/mol. The molecule has 0 radical (unpaired) electrons. The monoisotopic (exact) mass is 410 g/mol. The Balaban J connectivity index is 1.75. The molecule has 1 aromatic heterocycles. The fourth-order valence-corrected chi connectivity index (χ4v) is 3.64. The molecule has 0 fully saturated rings. The van der Waals surface area contributed by atoms with Crippen molar-refractivity contribution in [3.8, 4) is 5.75 Å². The molecular weight excluding hydrogens is 384 g/mol. The van der Waals surface area contributed by atoms with Gasteiger partial charge in [-0.3, -0.25) is 4.79 Å². The first-order valence-electron chi connectivity index (χ1n) is 9.65. The summed E-state index contributed by atoms with van der Waals surface area (Å²) in [4.78, 5) is 12.5. The van der Waals surface area contributed by atoms with Crippen molar-refractivity contribution in [1.29, 1.82) is 0 Å². The molecule has 0 aliphatic carbocycles. The van der Waals surface area contributed by atoms with Gasteiger partial charge in [-0.2, -0.15) is 0 Å². The minimum atomic E-state index is -0.155. The SMILES string of the molecule is CCC(C)Sc1nnc(CNC(=O)c2ccc(OC)cc2)n1Cc1ccccc1. The van der Waals surface area contributed by atoms with E-state index < -0.39 is 0 Å². The van der Waals surface area contributed by atoms with Gasteiger partial charge in [0.2, 0.25) is 0 Å². The zero-order valence-electron chi connectivity index (χ0n) is 17.0. The Hall–Kier alpha value is -2.80. The molecule has 3 rings (SSSR count). The molecule has 2 aromatic carbocycles. The summed E-state index contributed by atoms with van der Waals surface area (Å²) in [5.41, 5.74) is 1.75. The van der Waals surface area contributed by atoms with Crippen LogP contribution in [0, 0.1) is 0 Å². The van der Waals surface area contributed by atoms with E-state index >= 15 is 0 Å². The van der Waals surface area contributed by atoms with E-state index in [1.807, 2.05) is 18.2 Å². The molecule has 1 N–H and O–H groups in total. The van der Waals surface area contributed by atoms with Crippen LogP contribution in [-0.2, 0) is 13.1 Å². The summed E-state index contributed by atoms with van der Waals surface area (Å²) in [6.45, 7) is 5.31. The van der Waals surface area contributed by atoms with Crippen molar-refractivity contribution in [2.75, 3.05) is 7.11 Å². The van der Waals surface area contributed by atoms with Crippen LogP contribution in [0.15, 0.2) is 59.8 Å². The summed E-state index contributed by atoms with van der Waals surface area (Å²) >= 11 is 1.71. The van der Waals surface area contributed by atoms with Crippen molar-refractivity contribution >= 4 is 17.7 Å². The summed E-state index contributed by atoms with van der Waals surface area (Å²) in [6.07, 6.45) is 1.05. The molecule has 1 amide bonds. The number of carbonyl (C=O) groups is 1. The second-order valence-electron chi connectivity index (χ2n) is 6.72. The quantitative estimate of drug-likeness (QED) is 0.537. The number of benzene rings is 2. The Morgan fingerprint density at radius 1 is 1.14 bits per heavy atom. The van der Waals surface area contributed by atoms with Crippen molar-refractivity contribution in [1.82, 2.24) is 20.1 Å². The molecular formula is C22H26N4O2S. The van der Waals surface area contributed by atoms with Crippen LogP contribution in [0.25, 0.3) is 0 Å². The highest BCUT2D eigenvalue weighted by Gasteiger charge is 2.16. The number of ether oxygens (including phenoxy) is 1. The summed E-state index contributed by atoms with van der Waals surface area (Å²) in [7, 11) is 1.60. The average Bonchev–Trinajstić information content (AvgIpc) is 3.13. The van der Waals surface area contributed by atoms with Gasteiger partial charge in [0.25, 0.3) is 5.91 Å². The third kappa shape index (κ3) is 5.60. The third-order valence-electron chi connectivity index (χ3n) is 4.62. The first kappa shape index (κ1) is 20.9. The molecule has 29 heavy (non-hydrogen) atoms. The van der Waals surface area contributed by atoms with Crippen LogP contribution in [0.5, 0.6) is 5.75 Å². The molecule has 6 nitrogen and oxygen atoms in total. The van der Waals surface area contributed by atoms with Gasteiger partial charge >= 0.3 is 0 Å². The minimum absolute atomic E-state index is 0.155. The standard InChI is InChI=1S/C22H26N4O2S/c1-4-16(2)29-22-25-24-20(26(22)15-17-8-6-5-7-9-17)14-23-21(27)18-10-12-19(28-3)13-11-18/h5-13,16H,4,14-15H2,1-3H3,(H,23,27). The molecule has 1 atom stereocenters. The minimum Gasteiger partial charge on any atom is -0.497 e. The number of nitrogens with one attached hydrogen (secondary N) is 1. The van der Waals surface area contributed by atoms with Crippen molar-refractivity contribution in [2.45, 2.75) is 43.8 Å². The number of hydrogen-bond acceptors (Lipinski definition) is 5. The fourth-order valence-electron chi connectivity index (χ4n) is 2.73. The van der Waals surface area contributed by atoms with Gasteiger partial charge in [0, 0.05) is 10.8 Å². The predicted octanol–water partition coefficient (Wildman–Crippen LogP) is 4.16. The summed E-state index contributed by atoms with van der Waals surface area (Å²) in [5, 5.41) is 13.0. The van der Waals surface area contributed by atoms with Crippen LogP contribution in [0.2, 0.25) is 0 Å². The maximum atomic E-state index is 12.5. The van der Waals surface area contributed by atoms with E-state index in [4.69, 9.17) is 4.74 Å². The maximum absolute atomic E-state index is 12.5. The number of aromatic nitrogens is 3. The Morgan fingerprint density at radius 3 is 2.52 bits per heavy atom. The van der Waals surface area contributed by atoms with E-state index in [1.54, 1.807) is 43.1 Å². The first-order valence-corrected chi connectivity index (χ1v) is 10.5. The summed E-state index contributed by atoms with van der Waals surface area (Å²) in [5.74, 6) is 1.30. The molecule has 1 heterocycles. The maximum Gasteiger partial charge on any atom is 0.251 e. The van der Waals surface area contributed by atoms with Crippen molar-refractivity contribution in [3.05, 3.63) is 71.5 Å². The van der Waals surface area contributed by atoms with Gasteiger partial charge in [-0.05, 0) is 36.2 Å². The molecule has 3 aromatic rings. The van der Waals surface area contributed by atoms with Crippen LogP contribution >= 0.6 is 11.8 Å². The highest BCUT2D eigenvalue weighted by molar-refractivity contribution is 7.99. The fraction of sp³-hybridized carbons (Fsp3) is 0.318. The number of amides is 1. The molecule has 152 valence electrons. The topological polar surface area (TPSA) is 69.0 Å². The van der Waals surface area contributed by atoms with Crippen LogP contribution < -0.4 is 10.1 Å². The number of rotatable bonds is 9. The highest BCUT2D eigenvalue weighted by Crippen LogP contribution is 2.25. The Bertz CT molecular complexity index is 926. The van der Waals surface area contributed by atoms with Crippen molar-refractivity contribution in [2.24, 2.45) is 0 Å². The zero-order valence-corrected chi connectivity index (χ0v) is 17.8. The number of nitrogens with zero attached hydrogens (tertiary/aromatic N) is 3. The van der Waals surface area contributed by atoms with Crippen molar-refractivity contribution < 1.29 is 9.53 Å². The lowest BCUT2D eigenvalue weighted by Crippen LogP contribution is -2.25. The van der Waals surface area contributed by atoms with Crippen LogP contribution in [0.3, 0.4) is 0 Å². The second-order valence-corrected chi connectivity index (χ2v) is 8.12. The Labute approximate surface area is 175 Å². The number of methoxy groups -OCH3 is 1. The van der Waals surface area contributed by atoms with Gasteiger partial charge in [0.1, 0.15) is 5.75 Å². The van der Waals surface area contributed by atoms with E-state index in [2.05, 4.69) is 46.1 Å². The van der Waals surface area contributed by atoms with Gasteiger partial charge in [-0.1, -0.05) is 55.9 Å². The van der Waals surface area contributed by atoms with Gasteiger partial charge in [0.15, 0.2) is 11.0 Å². The number of hydrogen-bond donors (Lipinski definition) is 1. The van der Waals surface area contributed by atoms with Crippen LogP contribution in [0.4, 0.5) is 0 Å². The lowest BCUT2D eigenvalue weighted by molar-refractivity contribution is 0.0949. The van der Waals surface area contributed by atoms with Gasteiger partial charge < -0.3 is 14.6 Å². The molecule has 0 aliphatic heterocycles. The summed E-state index contributed by atoms with van der Waals surface area (Å²) < 4.78 is 7.22. The molecule has 0 aliphatic rings. The molecule has 0 saturated carbocycles. The van der Waals surface area contributed by atoms with Gasteiger partial charge in [-0.15, -0.1) is 10.2 Å². The van der Waals surface area contributed by atoms with Gasteiger partial charge in [-0.25, -0.2) is 0 Å². The normalized spacial score (nSPS) is 11.8. The number of carbonyl (C=O) groups excluding carboxylic acids is 1. The largest absolute Gasteiger partial charge is 0.497 e.